The number of carbonyl (C=O) groups is 2. The average molecular weight is 418 g/mol. The molecule has 152 valence electrons. The number of hydrogen-bond donors (Lipinski definition) is 0. The van der Waals surface area contributed by atoms with Gasteiger partial charge in [0, 0.05) is 18.7 Å². The van der Waals surface area contributed by atoms with Crippen molar-refractivity contribution in [1.29, 1.82) is 0 Å². The van der Waals surface area contributed by atoms with Gasteiger partial charge in [0.2, 0.25) is 5.91 Å². The van der Waals surface area contributed by atoms with Crippen LogP contribution in [0.2, 0.25) is 5.02 Å². The minimum absolute atomic E-state index is 0.131. The van der Waals surface area contributed by atoms with Gasteiger partial charge in [-0.05, 0) is 25.0 Å². The van der Waals surface area contributed by atoms with Gasteiger partial charge in [-0.2, -0.15) is 0 Å². The molecule has 6 nitrogen and oxygen atoms in total. The highest BCUT2D eigenvalue weighted by atomic mass is 35.5. The Morgan fingerprint density at radius 1 is 1.24 bits per heavy atom. The fraction of sp³-hybridized carbons (Fsp3) is 0.381. The van der Waals surface area contributed by atoms with Crippen molar-refractivity contribution in [2.24, 2.45) is 5.92 Å². The summed E-state index contributed by atoms with van der Waals surface area (Å²) in [5.41, 5.74) is 2.06. The quantitative estimate of drug-likeness (QED) is 0.750. The Bertz CT molecular complexity index is 933. The molecule has 1 aromatic carbocycles. The first-order chi connectivity index (χ1) is 13.9. The van der Waals surface area contributed by atoms with Crippen LogP contribution in [0.25, 0.3) is 0 Å². The number of rotatable bonds is 5. The Labute approximate surface area is 173 Å². The third-order valence-corrected chi connectivity index (χ3v) is 5.53. The fourth-order valence-corrected chi connectivity index (χ4v) is 3.77. The van der Waals surface area contributed by atoms with Gasteiger partial charge >= 0.3 is 0 Å². The number of carbonyl (C=O) groups excluding carboxylic acids is 2. The number of ether oxygens (including phenoxy) is 1. The van der Waals surface area contributed by atoms with Crippen LogP contribution in [0.5, 0.6) is 0 Å². The van der Waals surface area contributed by atoms with Crippen LogP contribution in [0.1, 0.15) is 17.5 Å². The lowest BCUT2D eigenvalue weighted by molar-refractivity contribution is -0.146. The van der Waals surface area contributed by atoms with Gasteiger partial charge in [0.1, 0.15) is 12.6 Å². The maximum Gasteiger partial charge on any atom is 0.251 e. The zero-order valence-corrected chi connectivity index (χ0v) is 16.7. The first-order valence-electron chi connectivity index (χ1n) is 9.47. The average Bonchev–Trinajstić information content (AvgIpc) is 2.65. The second-order valence-corrected chi connectivity index (χ2v) is 7.98. The number of amides is 2. The van der Waals surface area contributed by atoms with E-state index in [1.54, 1.807) is 4.90 Å². The van der Waals surface area contributed by atoms with Crippen LogP contribution >= 0.6 is 11.6 Å². The summed E-state index contributed by atoms with van der Waals surface area (Å²) in [5.74, 6) is -1.28. The molecule has 2 saturated heterocycles. The van der Waals surface area contributed by atoms with Gasteiger partial charge in [0.05, 0.1) is 18.2 Å². The Hall–Kier alpha value is -2.51. The molecule has 0 spiro atoms. The molecule has 2 aromatic rings. The third-order valence-electron chi connectivity index (χ3n) is 5.32. The minimum atomic E-state index is -0.726. The highest BCUT2D eigenvalue weighted by Crippen LogP contribution is 2.29. The van der Waals surface area contributed by atoms with Crippen LogP contribution in [0.3, 0.4) is 0 Å². The molecule has 0 radical (unpaired) electrons. The van der Waals surface area contributed by atoms with E-state index in [1.165, 1.54) is 6.20 Å². The lowest BCUT2D eigenvalue weighted by atomic mass is 9.94. The van der Waals surface area contributed by atoms with Gasteiger partial charge in [-0.15, -0.1) is 0 Å². The SMILES string of the molecule is Cc1ccc(CN2C(=O)CN(c3ncc(Cl)cc3F)C(=O)[C@H]2CC2COC2)cc1. The molecule has 0 saturated carbocycles. The minimum Gasteiger partial charge on any atom is -0.381 e. The summed E-state index contributed by atoms with van der Waals surface area (Å²) < 4.78 is 19.6. The standard InChI is InChI=1S/C21H21ClFN3O3/c1-13-2-4-14(5-3-13)9-25-18(6-15-11-29-12-15)21(28)26(10-19(25)27)20-17(23)7-16(22)8-24-20/h2-5,7-8,15,18H,6,9-12H2,1H3/t18-/m1/s1. The zero-order chi connectivity index (χ0) is 20.5. The van der Waals surface area contributed by atoms with Crippen LogP contribution < -0.4 is 4.90 Å². The van der Waals surface area contributed by atoms with Gasteiger partial charge in [0.25, 0.3) is 5.91 Å². The number of nitrogens with zero attached hydrogens (tertiary/aromatic N) is 3. The molecule has 2 aliphatic heterocycles. The number of halogens is 2. The maximum absolute atomic E-state index is 14.4. The van der Waals surface area contributed by atoms with Gasteiger partial charge in [-0.3, -0.25) is 14.5 Å². The highest BCUT2D eigenvalue weighted by Gasteiger charge is 2.43. The number of aromatic nitrogens is 1. The summed E-state index contributed by atoms with van der Waals surface area (Å²) in [6.45, 7) is 3.18. The molecule has 3 heterocycles. The third kappa shape index (κ3) is 4.11. The molecule has 0 N–H and O–H groups in total. The van der Waals surface area contributed by atoms with Crippen molar-refractivity contribution in [1.82, 2.24) is 9.88 Å². The Morgan fingerprint density at radius 3 is 2.59 bits per heavy atom. The van der Waals surface area contributed by atoms with Crippen LogP contribution in [0, 0.1) is 18.7 Å². The second-order valence-electron chi connectivity index (χ2n) is 7.55. The highest BCUT2D eigenvalue weighted by molar-refractivity contribution is 6.30. The lowest BCUT2D eigenvalue weighted by Gasteiger charge is -2.42. The van der Waals surface area contributed by atoms with E-state index in [1.807, 2.05) is 31.2 Å². The molecule has 2 fully saturated rings. The molecule has 29 heavy (non-hydrogen) atoms. The van der Waals surface area contributed by atoms with Crippen LogP contribution in [0.4, 0.5) is 10.2 Å². The summed E-state index contributed by atoms with van der Waals surface area (Å²) in [6, 6.07) is 8.24. The predicted molar refractivity (Wildman–Crippen MR) is 106 cm³/mol. The molecule has 0 unspecified atom stereocenters. The number of aryl methyl sites for hydroxylation is 1. The van der Waals surface area contributed by atoms with E-state index in [0.29, 0.717) is 26.2 Å². The predicted octanol–water partition coefficient (Wildman–Crippen LogP) is 2.96. The van der Waals surface area contributed by atoms with Crippen molar-refractivity contribution in [3.63, 3.8) is 0 Å². The van der Waals surface area contributed by atoms with E-state index in [-0.39, 0.29) is 35.1 Å². The number of pyridine rings is 1. The van der Waals surface area contributed by atoms with E-state index in [4.69, 9.17) is 16.3 Å². The van der Waals surface area contributed by atoms with Crippen molar-refractivity contribution < 1.29 is 18.7 Å². The number of hydrogen-bond acceptors (Lipinski definition) is 4. The number of piperazine rings is 1. The fourth-order valence-electron chi connectivity index (χ4n) is 3.63. The van der Waals surface area contributed by atoms with Crippen LogP contribution in [-0.4, -0.2) is 47.5 Å². The summed E-state index contributed by atoms with van der Waals surface area (Å²) in [6.07, 6.45) is 1.74. The maximum atomic E-state index is 14.4. The molecule has 8 heteroatoms. The topological polar surface area (TPSA) is 62.7 Å². The molecule has 2 aliphatic rings. The van der Waals surface area contributed by atoms with Crippen molar-refractivity contribution in [2.45, 2.75) is 25.9 Å². The number of anilines is 1. The summed E-state index contributed by atoms with van der Waals surface area (Å²) in [4.78, 5) is 33.0. The van der Waals surface area contributed by atoms with E-state index in [0.717, 1.165) is 22.1 Å². The monoisotopic (exact) mass is 417 g/mol. The van der Waals surface area contributed by atoms with Crippen LogP contribution in [-0.2, 0) is 20.9 Å². The summed E-state index contributed by atoms with van der Waals surface area (Å²) in [7, 11) is 0. The Morgan fingerprint density at radius 2 is 1.97 bits per heavy atom. The van der Waals surface area contributed by atoms with E-state index in [2.05, 4.69) is 4.98 Å². The molecule has 2 amide bonds. The Balaban J connectivity index is 1.63. The van der Waals surface area contributed by atoms with Gasteiger partial charge in [0.15, 0.2) is 11.6 Å². The summed E-state index contributed by atoms with van der Waals surface area (Å²) >= 11 is 5.77. The largest absolute Gasteiger partial charge is 0.381 e. The van der Waals surface area contributed by atoms with Gasteiger partial charge < -0.3 is 9.64 Å². The summed E-state index contributed by atoms with van der Waals surface area (Å²) in [5, 5.41) is 0.131. The van der Waals surface area contributed by atoms with Gasteiger partial charge in [-0.1, -0.05) is 41.4 Å². The van der Waals surface area contributed by atoms with E-state index in [9.17, 15) is 14.0 Å². The van der Waals surface area contributed by atoms with Crippen molar-refractivity contribution >= 4 is 29.2 Å². The molecule has 4 rings (SSSR count). The molecular formula is C21H21ClFN3O3. The molecule has 1 atom stereocenters. The van der Waals surface area contributed by atoms with Gasteiger partial charge in [-0.25, -0.2) is 9.37 Å². The van der Waals surface area contributed by atoms with E-state index < -0.39 is 11.9 Å². The van der Waals surface area contributed by atoms with Crippen molar-refractivity contribution in [3.8, 4) is 0 Å². The smallest absolute Gasteiger partial charge is 0.251 e. The Kier molecular flexibility index (Phi) is 5.52. The number of benzene rings is 1. The molecule has 0 aliphatic carbocycles. The first-order valence-corrected chi connectivity index (χ1v) is 9.85. The molecule has 1 aromatic heterocycles. The van der Waals surface area contributed by atoms with Crippen molar-refractivity contribution in [2.75, 3.05) is 24.7 Å². The lowest BCUT2D eigenvalue weighted by Crippen LogP contribution is -2.61. The van der Waals surface area contributed by atoms with E-state index >= 15 is 0 Å². The molecule has 0 bridgehead atoms. The first kappa shape index (κ1) is 19.8. The zero-order valence-electron chi connectivity index (χ0n) is 16.0. The van der Waals surface area contributed by atoms with Crippen LogP contribution in [0.15, 0.2) is 36.5 Å². The second kappa shape index (κ2) is 8.08. The molecular weight excluding hydrogens is 397 g/mol. The normalized spacial score (nSPS) is 20.2. The van der Waals surface area contributed by atoms with Crippen molar-refractivity contribution in [3.05, 3.63) is 58.5 Å².